The molecule has 0 aliphatic carbocycles. The fourth-order valence-electron chi connectivity index (χ4n) is 2.79. The number of nitrogens with zero attached hydrogens (tertiary/aromatic N) is 5. The van der Waals surface area contributed by atoms with Crippen molar-refractivity contribution in [1.29, 1.82) is 0 Å². The van der Waals surface area contributed by atoms with Gasteiger partial charge in [-0.15, -0.1) is 10.2 Å². The van der Waals surface area contributed by atoms with Crippen molar-refractivity contribution in [3.8, 4) is 0 Å². The Labute approximate surface area is 175 Å². The van der Waals surface area contributed by atoms with Crippen LogP contribution in [0.4, 0.5) is 0 Å². The van der Waals surface area contributed by atoms with E-state index >= 15 is 0 Å². The van der Waals surface area contributed by atoms with Gasteiger partial charge < -0.3 is 8.98 Å². The van der Waals surface area contributed by atoms with E-state index in [2.05, 4.69) is 21.7 Å². The first-order valence-corrected chi connectivity index (χ1v) is 12.0. The third-order valence-corrected chi connectivity index (χ3v) is 7.27. The van der Waals surface area contributed by atoms with E-state index < -0.39 is 10.0 Å². The summed E-state index contributed by atoms with van der Waals surface area (Å²) in [5.74, 6) is 1.88. The minimum atomic E-state index is -3.51. The highest BCUT2D eigenvalue weighted by atomic mass is 32.2. The fourth-order valence-corrected chi connectivity index (χ4v) is 4.59. The molecule has 3 rings (SSSR count). The zero-order chi connectivity index (χ0) is 21.2. The van der Waals surface area contributed by atoms with Crippen LogP contribution in [-0.4, -0.2) is 46.6 Å². The first-order valence-electron chi connectivity index (χ1n) is 9.62. The van der Waals surface area contributed by atoms with Gasteiger partial charge in [0.1, 0.15) is 0 Å². The summed E-state index contributed by atoms with van der Waals surface area (Å²) >= 11 is 1.52. The molecule has 0 aliphatic heterocycles. The van der Waals surface area contributed by atoms with Crippen LogP contribution in [0.25, 0.3) is 11.0 Å². The van der Waals surface area contributed by atoms with Gasteiger partial charge in [0.2, 0.25) is 21.8 Å². The molecule has 0 unspecified atom stereocenters. The van der Waals surface area contributed by atoms with Crippen molar-refractivity contribution >= 4 is 32.8 Å². The van der Waals surface area contributed by atoms with Crippen molar-refractivity contribution in [2.45, 2.75) is 61.9 Å². The Balaban J connectivity index is 1.93. The van der Waals surface area contributed by atoms with Crippen molar-refractivity contribution in [3.05, 3.63) is 30.0 Å². The number of thioether (sulfide) groups is 1. The minimum Gasteiger partial charge on any atom is -0.424 e. The van der Waals surface area contributed by atoms with Gasteiger partial charge in [-0.1, -0.05) is 39.0 Å². The molecule has 0 atom stereocenters. The molecule has 8 nitrogen and oxygen atoms in total. The van der Waals surface area contributed by atoms with Crippen LogP contribution < -0.4 is 0 Å². The molecule has 0 fully saturated rings. The second-order valence-electron chi connectivity index (χ2n) is 7.31. The number of hydrogen-bond donors (Lipinski definition) is 0. The lowest BCUT2D eigenvalue weighted by Crippen LogP contribution is -2.22. The zero-order valence-corrected chi connectivity index (χ0v) is 19.0. The van der Waals surface area contributed by atoms with Crippen LogP contribution in [0, 0.1) is 0 Å². The second-order valence-corrected chi connectivity index (χ2v) is 10.4. The lowest BCUT2D eigenvalue weighted by Gasteiger charge is -2.11. The van der Waals surface area contributed by atoms with Gasteiger partial charge in [0.05, 0.1) is 21.7 Å². The van der Waals surface area contributed by atoms with Gasteiger partial charge in [-0.3, -0.25) is 0 Å². The van der Waals surface area contributed by atoms with E-state index in [0.29, 0.717) is 23.1 Å². The van der Waals surface area contributed by atoms with Crippen molar-refractivity contribution in [1.82, 2.24) is 24.1 Å². The van der Waals surface area contributed by atoms with E-state index in [4.69, 9.17) is 9.40 Å². The Morgan fingerprint density at radius 3 is 2.62 bits per heavy atom. The van der Waals surface area contributed by atoms with Crippen LogP contribution in [-0.2, 0) is 22.3 Å². The number of imidazole rings is 1. The lowest BCUT2D eigenvalue weighted by atomic mass is 10.2. The van der Waals surface area contributed by atoms with Crippen LogP contribution in [0.3, 0.4) is 0 Å². The van der Waals surface area contributed by atoms with E-state index in [9.17, 15) is 8.42 Å². The van der Waals surface area contributed by atoms with Gasteiger partial charge in [-0.05, 0) is 24.6 Å². The summed E-state index contributed by atoms with van der Waals surface area (Å²) in [5, 5.41) is 8.99. The number of aromatic nitrogens is 4. The Kier molecular flexibility index (Phi) is 6.65. The van der Waals surface area contributed by atoms with E-state index in [1.54, 1.807) is 12.1 Å². The molecule has 10 heteroatoms. The number of aryl methyl sites for hydroxylation is 1. The quantitative estimate of drug-likeness (QED) is 0.469. The number of hydrogen-bond acceptors (Lipinski definition) is 7. The van der Waals surface area contributed by atoms with Crippen molar-refractivity contribution in [3.63, 3.8) is 0 Å². The molecule has 0 bridgehead atoms. The van der Waals surface area contributed by atoms with E-state index in [0.717, 1.165) is 30.1 Å². The predicted octanol–water partition coefficient (Wildman–Crippen LogP) is 3.89. The third kappa shape index (κ3) is 4.65. The summed E-state index contributed by atoms with van der Waals surface area (Å²) in [7, 11) is -0.457. The summed E-state index contributed by atoms with van der Waals surface area (Å²) in [4.78, 5) is 4.95. The first-order chi connectivity index (χ1) is 13.7. The second kappa shape index (κ2) is 8.85. The molecule has 0 radical (unpaired) electrons. The number of rotatable bonds is 9. The Morgan fingerprint density at radius 1 is 1.24 bits per heavy atom. The Hall–Kier alpha value is -1.91. The first kappa shape index (κ1) is 21.8. The molecular formula is C19H27N5O3S2. The number of unbranched alkanes of at least 4 members (excludes halogenated alkanes) is 1. The average molecular weight is 438 g/mol. The lowest BCUT2D eigenvalue weighted by molar-refractivity contribution is 0.445. The monoisotopic (exact) mass is 437 g/mol. The van der Waals surface area contributed by atoms with Gasteiger partial charge >= 0.3 is 0 Å². The van der Waals surface area contributed by atoms with Gasteiger partial charge in [0.15, 0.2) is 5.16 Å². The van der Waals surface area contributed by atoms with Gasteiger partial charge in [0.25, 0.3) is 0 Å². The maximum absolute atomic E-state index is 12.5. The van der Waals surface area contributed by atoms with Crippen molar-refractivity contribution < 1.29 is 12.8 Å². The van der Waals surface area contributed by atoms with E-state index in [-0.39, 0.29) is 10.8 Å². The number of benzene rings is 1. The summed E-state index contributed by atoms with van der Waals surface area (Å²) < 4.78 is 34.0. The van der Waals surface area contributed by atoms with Crippen molar-refractivity contribution in [2.75, 3.05) is 14.1 Å². The molecule has 2 aromatic heterocycles. The molecule has 0 N–H and O–H groups in total. The molecule has 0 amide bonds. The van der Waals surface area contributed by atoms with Crippen LogP contribution in [0.15, 0.2) is 32.7 Å². The van der Waals surface area contributed by atoms with Crippen LogP contribution in [0.5, 0.6) is 0 Å². The summed E-state index contributed by atoms with van der Waals surface area (Å²) in [5.41, 5.74) is 1.59. The van der Waals surface area contributed by atoms with Gasteiger partial charge in [0, 0.05) is 26.6 Å². The molecule has 0 saturated heterocycles. The number of fused-ring (bicyclic) bond motifs is 1. The summed E-state index contributed by atoms with van der Waals surface area (Å²) in [6, 6.07) is 5.12. The predicted molar refractivity (Wildman–Crippen MR) is 113 cm³/mol. The molecule has 0 saturated carbocycles. The number of sulfonamides is 1. The van der Waals surface area contributed by atoms with Crippen LogP contribution >= 0.6 is 11.8 Å². The van der Waals surface area contributed by atoms with Gasteiger partial charge in [-0.2, -0.15) is 0 Å². The maximum atomic E-state index is 12.5. The SMILES string of the molecule is CCCCn1c(SCc2nnc(C(C)C)o2)nc2cc(S(=O)(=O)N(C)C)ccc21. The topological polar surface area (TPSA) is 94.1 Å². The summed E-state index contributed by atoms with van der Waals surface area (Å²) in [6.45, 7) is 6.97. The van der Waals surface area contributed by atoms with Crippen LogP contribution in [0.1, 0.15) is 51.3 Å². The highest BCUT2D eigenvalue weighted by Gasteiger charge is 2.20. The Morgan fingerprint density at radius 2 is 2.00 bits per heavy atom. The zero-order valence-electron chi connectivity index (χ0n) is 17.4. The highest BCUT2D eigenvalue weighted by Crippen LogP contribution is 2.29. The van der Waals surface area contributed by atoms with E-state index in [1.165, 1.54) is 30.2 Å². The molecule has 3 aromatic rings. The molecule has 2 heterocycles. The minimum absolute atomic E-state index is 0.187. The average Bonchev–Trinajstić information content (AvgIpc) is 3.28. The smallest absolute Gasteiger partial charge is 0.242 e. The normalized spacial score (nSPS) is 12.5. The molecule has 0 aliphatic rings. The van der Waals surface area contributed by atoms with E-state index in [1.807, 2.05) is 19.9 Å². The summed E-state index contributed by atoms with van der Waals surface area (Å²) in [6.07, 6.45) is 2.06. The Bertz CT molecular complexity index is 1090. The largest absolute Gasteiger partial charge is 0.424 e. The third-order valence-electron chi connectivity index (χ3n) is 4.50. The standard InChI is InChI=1S/C19H27N5O3S2/c1-6-7-10-24-16-9-8-14(29(25,26)23(4)5)11-15(16)20-19(24)28-12-17-21-22-18(27-17)13(2)3/h8-9,11,13H,6-7,10,12H2,1-5H3. The van der Waals surface area contributed by atoms with Crippen LogP contribution in [0.2, 0.25) is 0 Å². The maximum Gasteiger partial charge on any atom is 0.242 e. The molecule has 158 valence electrons. The van der Waals surface area contributed by atoms with Crippen molar-refractivity contribution in [2.24, 2.45) is 0 Å². The molecule has 29 heavy (non-hydrogen) atoms. The van der Waals surface area contributed by atoms with Gasteiger partial charge in [-0.25, -0.2) is 17.7 Å². The fraction of sp³-hybridized carbons (Fsp3) is 0.526. The highest BCUT2D eigenvalue weighted by molar-refractivity contribution is 7.98. The molecule has 1 aromatic carbocycles. The molecular weight excluding hydrogens is 410 g/mol. The molecule has 0 spiro atoms.